The maximum absolute atomic E-state index is 11.3. The summed E-state index contributed by atoms with van der Waals surface area (Å²) in [5, 5.41) is 17.0. The van der Waals surface area contributed by atoms with Crippen molar-refractivity contribution < 1.29 is 14.3 Å². The molecule has 0 spiro atoms. The van der Waals surface area contributed by atoms with E-state index in [9.17, 15) is 9.90 Å². The summed E-state index contributed by atoms with van der Waals surface area (Å²) in [4.78, 5) is 20.6. The monoisotopic (exact) mass is 260 g/mol. The van der Waals surface area contributed by atoms with Crippen LogP contribution in [0.4, 0.5) is 0 Å². The number of rotatable bonds is 3. The quantitative estimate of drug-likeness (QED) is 0.631. The van der Waals surface area contributed by atoms with Crippen molar-refractivity contribution in [3.63, 3.8) is 0 Å². The van der Waals surface area contributed by atoms with Crippen molar-refractivity contribution in [2.75, 3.05) is 14.1 Å². The Balaban J connectivity index is 2.24. The Hall–Kier alpha value is -2.70. The number of amides is 1. The van der Waals surface area contributed by atoms with E-state index >= 15 is 0 Å². The van der Waals surface area contributed by atoms with E-state index in [1.807, 2.05) is 0 Å². The van der Waals surface area contributed by atoms with Crippen molar-refractivity contribution in [1.82, 2.24) is 14.9 Å². The number of nitrogens with zero attached hydrogens (tertiary/aromatic N) is 3. The van der Waals surface area contributed by atoms with E-state index in [1.54, 1.807) is 14.1 Å². The smallest absolute Gasteiger partial charge is 0.247 e. The predicted octanol–water partition coefficient (Wildman–Crippen LogP) is 0.941. The molecule has 98 valence electrons. The highest BCUT2D eigenvalue weighted by molar-refractivity contribution is 6.07. The van der Waals surface area contributed by atoms with Gasteiger partial charge in [0.1, 0.15) is 17.0 Å². The highest BCUT2D eigenvalue weighted by Gasteiger charge is 2.10. The number of nitrogens with one attached hydrogen (secondary N) is 1. The highest BCUT2D eigenvalue weighted by Crippen LogP contribution is 2.17. The van der Waals surface area contributed by atoms with Crippen LogP contribution in [0.15, 0.2) is 28.8 Å². The standard InChI is InChI=1S/C12H12N4O3/c1-16(2)10(18)4-3-8(13)11-15-9-5-7(17)6-14-12(9)19-11/h3-6,13,17H,1-2H3/b4-3-,13-8?. The normalized spacial score (nSPS) is 11.1. The van der Waals surface area contributed by atoms with Crippen LogP contribution in [0.2, 0.25) is 0 Å². The number of hydrogen-bond acceptors (Lipinski definition) is 6. The van der Waals surface area contributed by atoms with Crippen LogP contribution in [-0.2, 0) is 4.79 Å². The number of carbonyl (C=O) groups is 1. The summed E-state index contributed by atoms with van der Waals surface area (Å²) >= 11 is 0. The second-order valence-electron chi connectivity index (χ2n) is 4.02. The van der Waals surface area contributed by atoms with Crippen molar-refractivity contribution in [2.45, 2.75) is 0 Å². The maximum atomic E-state index is 11.3. The molecule has 2 N–H and O–H groups in total. The van der Waals surface area contributed by atoms with Crippen molar-refractivity contribution in [3.05, 3.63) is 30.3 Å². The zero-order valence-corrected chi connectivity index (χ0v) is 10.4. The van der Waals surface area contributed by atoms with Crippen LogP contribution in [0.3, 0.4) is 0 Å². The Kier molecular flexibility index (Phi) is 3.28. The lowest BCUT2D eigenvalue weighted by molar-refractivity contribution is -0.123. The van der Waals surface area contributed by atoms with Gasteiger partial charge in [0.2, 0.25) is 17.5 Å². The summed E-state index contributed by atoms with van der Waals surface area (Å²) in [5.41, 5.74) is 0.532. The molecule has 2 heterocycles. The summed E-state index contributed by atoms with van der Waals surface area (Å²) in [6.45, 7) is 0. The molecule has 0 radical (unpaired) electrons. The average Bonchev–Trinajstić information content (AvgIpc) is 2.78. The number of fused-ring (bicyclic) bond motifs is 1. The van der Waals surface area contributed by atoms with Crippen molar-refractivity contribution in [3.8, 4) is 5.75 Å². The zero-order valence-electron chi connectivity index (χ0n) is 10.4. The fourth-order valence-electron chi connectivity index (χ4n) is 1.30. The van der Waals surface area contributed by atoms with Gasteiger partial charge in [-0.1, -0.05) is 0 Å². The van der Waals surface area contributed by atoms with Crippen molar-refractivity contribution >= 4 is 22.8 Å². The predicted molar refractivity (Wildman–Crippen MR) is 68.1 cm³/mol. The Morgan fingerprint density at radius 2 is 2.21 bits per heavy atom. The van der Waals surface area contributed by atoms with Crippen LogP contribution in [0.5, 0.6) is 5.75 Å². The first kappa shape index (κ1) is 12.7. The van der Waals surface area contributed by atoms with E-state index in [0.29, 0.717) is 5.52 Å². The zero-order chi connectivity index (χ0) is 14.0. The first-order valence-corrected chi connectivity index (χ1v) is 5.41. The van der Waals surface area contributed by atoms with Gasteiger partial charge in [0.15, 0.2) is 0 Å². The third kappa shape index (κ3) is 2.76. The second-order valence-corrected chi connectivity index (χ2v) is 4.02. The van der Waals surface area contributed by atoms with Gasteiger partial charge in [0.05, 0.1) is 6.20 Å². The van der Waals surface area contributed by atoms with Crippen molar-refractivity contribution in [2.24, 2.45) is 0 Å². The molecule has 0 fully saturated rings. The van der Waals surface area contributed by atoms with E-state index < -0.39 is 0 Å². The van der Waals surface area contributed by atoms with E-state index in [2.05, 4.69) is 9.97 Å². The molecular formula is C12H12N4O3. The molecule has 0 atom stereocenters. The SMILES string of the molecule is CN(C)C(=O)/C=C\C(=N)c1nc2cc(O)cnc2o1. The third-order valence-corrected chi connectivity index (χ3v) is 2.30. The van der Waals surface area contributed by atoms with Gasteiger partial charge >= 0.3 is 0 Å². The number of aromatic hydroxyl groups is 1. The largest absolute Gasteiger partial charge is 0.506 e. The van der Waals surface area contributed by atoms with Crippen LogP contribution >= 0.6 is 0 Å². The Morgan fingerprint density at radius 1 is 1.47 bits per heavy atom. The van der Waals surface area contributed by atoms with Gasteiger partial charge in [0, 0.05) is 26.2 Å². The van der Waals surface area contributed by atoms with Crippen LogP contribution in [0, 0.1) is 5.41 Å². The van der Waals surface area contributed by atoms with Gasteiger partial charge in [0.25, 0.3) is 0 Å². The number of oxazole rings is 1. The second kappa shape index (κ2) is 4.89. The number of carbonyl (C=O) groups excluding carboxylic acids is 1. The molecule has 0 unspecified atom stereocenters. The first-order valence-electron chi connectivity index (χ1n) is 5.41. The minimum Gasteiger partial charge on any atom is -0.506 e. The van der Waals surface area contributed by atoms with Crippen LogP contribution in [0.1, 0.15) is 5.89 Å². The van der Waals surface area contributed by atoms with E-state index in [-0.39, 0.29) is 29.0 Å². The minimum absolute atomic E-state index is 0.0304. The molecule has 7 nitrogen and oxygen atoms in total. The average molecular weight is 260 g/mol. The molecule has 0 aliphatic carbocycles. The molecule has 2 aromatic rings. The molecule has 2 rings (SSSR count). The minimum atomic E-state index is -0.239. The lowest BCUT2D eigenvalue weighted by Gasteiger charge is -2.04. The lowest BCUT2D eigenvalue weighted by Crippen LogP contribution is -2.19. The molecular weight excluding hydrogens is 248 g/mol. The lowest BCUT2D eigenvalue weighted by atomic mass is 10.3. The number of aromatic nitrogens is 2. The summed E-state index contributed by atoms with van der Waals surface area (Å²) in [6.07, 6.45) is 3.78. The number of pyridine rings is 1. The Morgan fingerprint density at radius 3 is 2.89 bits per heavy atom. The van der Waals surface area contributed by atoms with Gasteiger partial charge in [-0.15, -0.1) is 0 Å². The Bertz CT molecular complexity index is 673. The summed E-state index contributed by atoms with van der Waals surface area (Å²) in [6, 6.07) is 1.39. The highest BCUT2D eigenvalue weighted by atomic mass is 16.4. The van der Waals surface area contributed by atoms with Crippen LogP contribution in [0.25, 0.3) is 11.2 Å². The van der Waals surface area contributed by atoms with Crippen LogP contribution in [-0.4, -0.2) is 45.7 Å². The summed E-state index contributed by atoms with van der Waals surface area (Å²) < 4.78 is 5.24. The topological polar surface area (TPSA) is 103 Å². The van der Waals surface area contributed by atoms with Gasteiger partial charge in [-0.05, 0) is 6.08 Å². The van der Waals surface area contributed by atoms with Crippen LogP contribution < -0.4 is 0 Å². The molecule has 7 heteroatoms. The van der Waals surface area contributed by atoms with E-state index in [1.165, 1.54) is 29.3 Å². The molecule has 0 aliphatic heterocycles. The number of hydrogen-bond donors (Lipinski definition) is 2. The molecule has 0 bridgehead atoms. The van der Waals surface area contributed by atoms with E-state index in [0.717, 1.165) is 0 Å². The molecule has 2 aromatic heterocycles. The molecule has 19 heavy (non-hydrogen) atoms. The fraction of sp³-hybridized carbons (Fsp3) is 0.167. The fourth-order valence-corrected chi connectivity index (χ4v) is 1.30. The number of likely N-dealkylation sites (N-methyl/N-ethyl adjacent to an activating group) is 1. The summed E-state index contributed by atoms with van der Waals surface area (Å²) in [5.74, 6) is -0.232. The van der Waals surface area contributed by atoms with Gasteiger partial charge < -0.3 is 14.4 Å². The number of allylic oxidation sites excluding steroid dienone is 1. The Labute approximate surface area is 108 Å². The van der Waals surface area contributed by atoms with Gasteiger partial charge in [-0.3, -0.25) is 10.2 Å². The molecule has 0 saturated carbocycles. The first-order chi connectivity index (χ1) is 8.97. The molecule has 0 aliphatic rings. The van der Waals surface area contributed by atoms with Crippen molar-refractivity contribution in [1.29, 1.82) is 5.41 Å². The third-order valence-electron chi connectivity index (χ3n) is 2.30. The molecule has 0 saturated heterocycles. The van der Waals surface area contributed by atoms with E-state index in [4.69, 9.17) is 9.83 Å². The maximum Gasteiger partial charge on any atom is 0.247 e. The summed E-state index contributed by atoms with van der Waals surface area (Å²) in [7, 11) is 3.23. The molecule has 1 amide bonds. The molecule has 0 aromatic carbocycles. The van der Waals surface area contributed by atoms with Gasteiger partial charge in [-0.25, -0.2) is 9.97 Å². The van der Waals surface area contributed by atoms with Gasteiger partial charge in [-0.2, -0.15) is 0 Å².